The number of rotatable bonds is 5. The maximum absolute atomic E-state index is 13.4. The number of alkyl halides is 3. The van der Waals surface area contributed by atoms with Crippen molar-refractivity contribution >= 4 is 34.5 Å². The van der Waals surface area contributed by atoms with E-state index in [0.29, 0.717) is 77.6 Å². The lowest BCUT2D eigenvalue weighted by atomic mass is 9.79. The van der Waals surface area contributed by atoms with E-state index in [4.69, 9.17) is 16.7 Å². The van der Waals surface area contributed by atoms with Gasteiger partial charge < -0.3 is 14.6 Å². The van der Waals surface area contributed by atoms with Crippen LogP contribution in [-0.2, 0) is 24.4 Å². The predicted octanol–water partition coefficient (Wildman–Crippen LogP) is 5.07. The zero-order valence-corrected chi connectivity index (χ0v) is 22.7. The lowest BCUT2D eigenvalue weighted by Gasteiger charge is -2.45. The van der Waals surface area contributed by atoms with E-state index in [9.17, 15) is 22.8 Å². The van der Waals surface area contributed by atoms with Crippen LogP contribution in [0.1, 0.15) is 51.3 Å². The molecule has 0 unspecified atom stereocenters. The second-order valence-corrected chi connectivity index (χ2v) is 11.0. The van der Waals surface area contributed by atoms with Crippen molar-refractivity contribution in [2.24, 2.45) is 13.0 Å². The van der Waals surface area contributed by atoms with E-state index in [0.717, 1.165) is 17.7 Å². The smallest absolute Gasteiger partial charge is 0.416 e. The van der Waals surface area contributed by atoms with Crippen molar-refractivity contribution in [3.63, 3.8) is 0 Å². The molecule has 1 aromatic heterocycles. The predicted molar refractivity (Wildman–Crippen MR) is 141 cm³/mol. The van der Waals surface area contributed by atoms with Crippen molar-refractivity contribution in [3.05, 3.63) is 62.9 Å². The Morgan fingerprint density at radius 3 is 2.36 bits per heavy atom. The monoisotopic (exact) mass is 562 g/mol. The Balaban J connectivity index is 1.34. The molecule has 0 bridgehead atoms. The van der Waals surface area contributed by atoms with Gasteiger partial charge >= 0.3 is 12.1 Å². The molecule has 0 spiro atoms. The van der Waals surface area contributed by atoms with Crippen molar-refractivity contribution in [2.45, 2.75) is 45.3 Å². The molecule has 3 aromatic rings. The number of halogens is 4. The molecule has 1 N–H and O–H groups in total. The van der Waals surface area contributed by atoms with E-state index in [1.165, 1.54) is 0 Å². The quantitative estimate of drug-likeness (QED) is 0.469. The fourth-order valence-corrected chi connectivity index (χ4v) is 5.99. The number of nitrogens with zero attached hydrogens (tertiary/aromatic N) is 4. The first-order chi connectivity index (χ1) is 18.3. The Labute approximate surface area is 229 Å². The summed E-state index contributed by atoms with van der Waals surface area (Å²) in [5, 5.41) is 9.45. The van der Waals surface area contributed by atoms with E-state index >= 15 is 0 Å². The van der Waals surface area contributed by atoms with Crippen molar-refractivity contribution in [1.29, 1.82) is 0 Å². The number of aromatic nitrogens is 2. The van der Waals surface area contributed by atoms with Gasteiger partial charge in [-0.2, -0.15) is 13.2 Å². The van der Waals surface area contributed by atoms with Crippen molar-refractivity contribution in [2.75, 3.05) is 26.2 Å². The number of amides is 1. The summed E-state index contributed by atoms with van der Waals surface area (Å²) in [6, 6.07) is 6.01. The number of aryl methyl sites for hydroxylation is 3. The van der Waals surface area contributed by atoms with Crippen LogP contribution in [-0.4, -0.2) is 68.6 Å². The van der Waals surface area contributed by atoms with Crippen LogP contribution in [0.3, 0.4) is 0 Å². The van der Waals surface area contributed by atoms with Crippen LogP contribution in [0.5, 0.6) is 0 Å². The average Bonchev–Trinajstić information content (AvgIpc) is 3.16. The molecule has 2 aromatic carbocycles. The summed E-state index contributed by atoms with van der Waals surface area (Å²) in [4.78, 5) is 33.2. The summed E-state index contributed by atoms with van der Waals surface area (Å²) in [7, 11) is 1.68. The molecule has 1 amide bonds. The van der Waals surface area contributed by atoms with Gasteiger partial charge in [-0.15, -0.1) is 0 Å². The van der Waals surface area contributed by atoms with Crippen molar-refractivity contribution in [1.82, 2.24) is 19.4 Å². The molecule has 0 radical (unpaired) electrons. The third-order valence-electron chi connectivity index (χ3n) is 8.22. The van der Waals surface area contributed by atoms with Crippen LogP contribution < -0.4 is 0 Å². The fourth-order valence-electron chi connectivity index (χ4n) is 5.63. The average molecular weight is 563 g/mol. The van der Waals surface area contributed by atoms with E-state index < -0.39 is 17.7 Å². The maximum Gasteiger partial charge on any atom is 0.416 e. The van der Waals surface area contributed by atoms with Gasteiger partial charge in [0.15, 0.2) is 0 Å². The molecule has 1 saturated carbocycles. The third kappa shape index (κ3) is 5.12. The highest BCUT2D eigenvalue weighted by atomic mass is 35.5. The Bertz CT molecular complexity index is 1450. The van der Waals surface area contributed by atoms with Crippen molar-refractivity contribution in [3.8, 4) is 0 Å². The first-order valence-electron chi connectivity index (χ1n) is 12.9. The summed E-state index contributed by atoms with van der Waals surface area (Å²) in [5.41, 5.74) is 2.56. The molecular formula is C28H30ClF3N4O3. The molecule has 1 aliphatic heterocycles. The molecule has 0 atom stereocenters. The van der Waals surface area contributed by atoms with Gasteiger partial charge in [-0.3, -0.25) is 14.5 Å². The highest BCUT2D eigenvalue weighted by Crippen LogP contribution is 2.35. The minimum atomic E-state index is -4.46. The highest BCUT2D eigenvalue weighted by Gasteiger charge is 2.39. The first-order valence-corrected chi connectivity index (χ1v) is 13.3. The first kappa shape index (κ1) is 27.5. The highest BCUT2D eigenvalue weighted by molar-refractivity contribution is 6.34. The van der Waals surface area contributed by atoms with Crippen LogP contribution in [0.25, 0.3) is 11.0 Å². The number of carboxylic acids is 1. The van der Waals surface area contributed by atoms with E-state index in [-0.39, 0.29) is 24.3 Å². The summed E-state index contributed by atoms with van der Waals surface area (Å²) >= 11 is 6.80. The molecule has 11 heteroatoms. The fraction of sp³-hybridized carbons (Fsp3) is 0.464. The molecule has 7 nitrogen and oxygen atoms in total. The zero-order valence-electron chi connectivity index (χ0n) is 22.0. The van der Waals surface area contributed by atoms with E-state index in [1.54, 1.807) is 29.5 Å². The molecule has 1 aliphatic carbocycles. The third-order valence-corrected chi connectivity index (χ3v) is 8.65. The lowest BCUT2D eigenvalue weighted by Crippen LogP contribution is -2.56. The van der Waals surface area contributed by atoms with Gasteiger partial charge in [0.1, 0.15) is 5.82 Å². The molecular weight excluding hydrogens is 533 g/mol. The Hall–Kier alpha value is -3.11. The van der Waals surface area contributed by atoms with Gasteiger partial charge in [-0.25, -0.2) is 4.98 Å². The Morgan fingerprint density at radius 1 is 1.08 bits per heavy atom. The number of piperazine rings is 1. The number of carbonyl (C=O) groups is 2. The van der Waals surface area contributed by atoms with E-state index in [2.05, 4.69) is 9.88 Å². The summed E-state index contributed by atoms with van der Waals surface area (Å²) in [5.74, 6) is -0.638. The molecule has 208 valence electrons. The Morgan fingerprint density at radius 2 is 1.74 bits per heavy atom. The number of hydrogen-bond donors (Lipinski definition) is 1. The van der Waals surface area contributed by atoms with Gasteiger partial charge in [0, 0.05) is 45.7 Å². The van der Waals surface area contributed by atoms with Crippen LogP contribution in [0, 0.1) is 19.8 Å². The van der Waals surface area contributed by atoms with Gasteiger partial charge in [-0.1, -0.05) is 17.7 Å². The minimum Gasteiger partial charge on any atom is -0.481 e. The number of carbonyl (C=O) groups excluding carboxylic acids is 1. The van der Waals surface area contributed by atoms with Gasteiger partial charge in [0.25, 0.3) is 5.91 Å². The minimum absolute atomic E-state index is 0.173. The lowest BCUT2D eigenvalue weighted by molar-refractivity contribution is -0.147. The molecule has 39 heavy (non-hydrogen) atoms. The number of aliphatic carboxylic acids is 1. The van der Waals surface area contributed by atoms with E-state index in [1.807, 2.05) is 13.0 Å². The zero-order chi connectivity index (χ0) is 28.2. The second kappa shape index (κ2) is 10.1. The van der Waals surface area contributed by atoms with Gasteiger partial charge in [-0.05, 0) is 61.6 Å². The van der Waals surface area contributed by atoms with Gasteiger partial charge in [0.2, 0.25) is 0 Å². The van der Waals surface area contributed by atoms with Crippen LogP contribution in [0.15, 0.2) is 24.3 Å². The maximum atomic E-state index is 13.4. The largest absolute Gasteiger partial charge is 0.481 e. The Kier molecular flexibility index (Phi) is 7.13. The number of benzene rings is 2. The van der Waals surface area contributed by atoms with Crippen molar-refractivity contribution < 1.29 is 27.9 Å². The molecule has 2 fully saturated rings. The standard InChI is InChI=1S/C28H30ClF3N4O3/c1-15-4-5-20(26(37)36-8-6-35(7-9-36)19-11-17(12-19)27(38)39)24(29)21(15)14-23-33-25-16(2)10-18(28(30,31)32)13-22(25)34(23)3/h4-5,10,13,17,19H,6-9,11-12,14H2,1-3H3,(H,38,39). The second-order valence-electron chi connectivity index (χ2n) is 10.6. The number of imidazole rings is 1. The normalized spacial score (nSPS) is 20.3. The molecule has 1 saturated heterocycles. The topological polar surface area (TPSA) is 78.7 Å². The summed E-state index contributed by atoms with van der Waals surface area (Å²) < 4.78 is 41.8. The SMILES string of the molecule is Cc1ccc(C(=O)N2CCN(C3CC(C(=O)O)C3)CC2)c(Cl)c1Cc1nc2c(C)cc(C(F)(F)F)cc2n1C. The number of hydrogen-bond acceptors (Lipinski definition) is 4. The summed E-state index contributed by atoms with van der Waals surface area (Å²) in [6.07, 6.45) is -2.90. The molecule has 2 aliphatic rings. The van der Waals surface area contributed by atoms with Crippen LogP contribution in [0.4, 0.5) is 13.2 Å². The summed E-state index contributed by atoms with van der Waals surface area (Å²) in [6.45, 7) is 5.90. The van der Waals surface area contributed by atoms with Crippen LogP contribution >= 0.6 is 11.6 Å². The molecule has 2 heterocycles. The van der Waals surface area contributed by atoms with Gasteiger partial charge in [0.05, 0.1) is 33.1 Å². The van der Waals surface area contributed by atoms with Crippen LogP contribution in [0.2, 0.25) is 5.02 Å². The number of fused-ring (bicyclic) bond motifs is 1. The molecule has 5 rings (SSSR count). The number of carboxylic acid groups (broad SMARTS) is 1.